The largest absolute Gasteiger partial charge is 0.349 e. The maximum atomic E-state index is 13.3. The number of nitriles is 1. The van der Waals surface area contributed by atoms with Crippen molar-refractivity contribution in [2.75, 3.05) is 13.1 Å². The van der Waals surface area contributed by atoms with Crippen LogP contribution in [0.2, 0.25) is 0 Å². The molecule has 1 heterocycles. The monoisotopic (exact) mass is 411 g/mol. The summed E-state index contributed by atoms with van der Waals surface area (Å²) in [5.41, 5.74) is 2.23. The number of piperidine rings is 1. The highest BCUT2D eigenvalue weighted by Crippen LogP contribution is 2.24. The minimum Gasteiger partial charge on any atom is -0.349 e. The van der Waals surface area contributed by atoms with Crippen LogP contribution in [-0.2, 0) is 4.79 Å². The summed E-state index contributed by atoms with van der Waals surface area (Å²) in [4.78, 5) is 28.0. The summed E-state index contributed by atoms with van der Waals surface area (Å²) in [7, 11) is 0. The van der Waals surface area contributed by atoms with E-state index in [9.17, 15) is 9.59 Å². The van der Waals surface area contributed by atoms with Gasteiger partial charge in [0.25, 0.3) is 5.91 Å². The molecule has 1 saturated heterocycles. The van der Waals surface area contributed by atoms with Gasteiger partial charge in [0, 0.05) is 18.7 Å². The van der Waals surface area contributed by atoms with E-state index >= 15 is 0 Å². The maximum absolute atomic E-state index is 13.3. The number of hydrogen-bond donors (Lipinski definition) is 1. The third-order valence-electron chi connectivity index (χ3n) is 6.00. The third kappa shape index (κ3) is 4.44. The summed E-state index contributed by atoms with van der Waals surface area (Å²) >= 11 is 0. The van der Waals surface area contributed by atoms with Gasteiger partial charge in [0.1, 0.15) is 0 Å². The van der Waals surface area contributed by atoms with Gasteiger partial charge in [-0.25, -0.2) is 0 Å². The Morgan fingerprint density at radius 2 is 1.81 bits per heavy atom. The summed E-state index contributed by atoms with van der Waals surface area (Å²) in [5, 5.41) is 14.0. The second-order valence-corrected chi connectivity index (χ2v) is 8.08. The fraction of sp³-hybridized carbons (Fsp3) is 0.269. The highest BCUT2D eigenvalue weighted by molar-refractivity contribution is 6.07. The topological polar surface area (TPSA) is 73.2 Å². The Morgan fingerprint density at radius 1 is 1.06 bits per heavy atom. The van der Waals surface area contributed by atoms with E-state index in [-0.39, 0.29) is 23.8 Å². The van der Waals surface area contributed by atoms with Crippen LogP contribution < -0.4 is 5.32 Å². The van der Waals surface area contributed by atoms with Crippen molar-refractivity contribution in [1.82, 2.24) is 10.2 Å². The zero-order valence-electron chi connectivity index (χ0n) is 17.5. The van der Waals surface area contributed by atoms with Crippen LogP contribution in [0.15, 0.2) is 66.7 Å². The number of hydrogen-bond acceptors (Lipinski definition) is 3. The first-order valence-electron chi connectivity index (χ1n) is 10.6. The van der Waals surface area contributed by atoms with Gasteiger partial charge in [-0.05, 0) is 54.3 Å². The van der Waals surface area contributed by atoms with Crippen molar-refractivity contribution in [3.63, 3.8) is 0 Å². The normalized spacial score (nSPS) is 17.0. The summed E-state index contributed by atoms with van der Waals surface area (Å²) in [5.74, 6) is -0.282. The molecule has 1 fully saturated rings. The van der Waals surface area contributed by atoms with Gasteiger partial charge in [0.05, 0.1) is 23.6 Å². The fourth-order valence-electron chi connectivity index (χ4n) is 4.22. The van der Waals surface area contributed by atoms with Crippen molar-refractivity contribution in [3.05, 3.63) is 83.4 Å². The predicted molar refractivity (Wildman–Crippen MR) is 120 cm³/mol. The minimum atomic E-state index is -0.228. The van der Waals surface area contributed by atoms with Crippen LogP contribution in [0, 0.1) is 17.2 Å². The van der Waals surface area contributed by atoms with E-state index in [0.717, 1.165) is 29.2 Å². The van der Waals surface area contributed by atoms with Gasteiger partial charge in [-0.15, -0.1) is 0 Å². The molecule has 3 aromatic rings. The highest BCUT2D eigenvalue weighted by atomic mass is 16.2. The summed E-state index contributed by atoms with van der Waals surface area (Å²) in [6.45, 7) is 3.02. The SMILES string of the molecule is CC(NC(=O)C1CCCN(C(=O)c2cccc3ccccc23)C1)c1ccc(C#N)cc1. The smallest absolute Gasteiger partial charge is 0.254 e. The van der Waals surface area contributed by atoms with Crippen molar-refractivity contribution < 1.29 is 9.59 Å². The number of likely N-dealkylation sites (tertiary alicyclic amines) is 1. The van der Waals surface area contributed by atoms with Crippen molar-refractivity contribution >= 4 is 22.6 Å². The predicted octanol–water partition coefficient (Wildman–Crippen LogP) is 4.44. The molecule has 2 unspecified atom stereocenters. The molecule has 2 atom stereocenters. The molecule has 0 radical (unpaired) electrons. The quantitative estimate of drug-likeness (QED) is 0.690. The number of nitrogens with zero attached hydrogens (tertiary/aromatic N) is 2. The number of amides is 2. The fourth-order valence-corrected chi connectivity index (χ4v) is 4.22. The molecule has 0 bridgehead atoms. The summed E-state index contributed by atoms with van der Waals surface area (Å²) in [6.07, 6.45) is 1.57. The molecule has 3 aromatic carbocycles. The van der Waals surface area contributed by atoms with Crippen LogP contribution in [0.1, 0.15) is 47.3 Å². The summed E-state index contributed by atoms with van der Waals surface area (Å²) in [6, 6.07) is 22.8. The van der Waals surface area contributed by atoms with Crippen LogP contribution in [-0.4, -0.2) is 29.8 Å². The van der Waals surface area contributed by atoms with E-state index in [1.54, 1.807) is 12.1 Å². The average Bonchev–Trinajstić information content (AvgIpc) is 2.83. The summed E-state index contributed by atoms with van der Waals surface area (Å²) < 4.78 is 0. The van der Waals surface area contributed by atoms with Crippen molar-refractivity contribution in [2.45, 2.75) is 25.8 Å². The maximum Gasteiger partial charge on any atom is 0.254 e. The second-order valence-electron chi connectivity index (χ2n) is 8.08. The molecule has 31 heavy (non-hydrogen) atoms. The zero-order chi connectivity index (χ0) is 21.8. The molecule has 156 valence electrons. The van der Waals surface area contributed by atoms with Crippen LogP contribution in [0.4, 0.5) is 0 Å². The number of benzene rings is 3. The lowest BCUT2D eigenvalue weighted by molar-refractivity contribution is -0.127. The molecule has 0 saturated carbocycles. The Hall–Kier alpha value is -3.65. The van der Waals surface area contributed by atoms with E-state index in [0.29, 0.717) is 24.2 Å². The zero-order valence-corrected chi connectivity index (χ0v) is 17.5. The molecule has 5 nitrogen and oxygen atoms in total. The van der Waals surface area contributed by atoms with E-state index in [4.69, 9.17) is 5.26 Å². The molecule has 1 N–H and O–H groups in total. The molecular weight excluding hydrogens is 386 g/mol. The Labute approximate surface area is 182 Å². The lowest BCUT2D eigenvalue weighted by Gasteiger charge is -2.33. The van der Waals surface area contributed by atoms with Crippen molar-refractivity contribution in [3.8, 4) is 6.07 Å². The van der Waals surface area contributed by atoms with Crippen LogP contribution in [0.3, 0.4) is 0 Å². The van der Waals surface area contributed by atoms with Crippen LogP contribution >= 0.6 is 0 Å². The Kier molecular flexibility index (Phi) is 5.99. The third-order valence-corrected chi connectivity index (χ3v) is 6.00. The standard InChI is InChI=1S/C26H25N3O2/c1-18(20-13-11-19(16-27)12-14-20)28-25(30)22-8-5-15-29(17-22)26(31)24-10-4-7-21-6-2-3-9-23(21)24/h2-4,6-7,9-14,18,22H,5,8,15,17H2,1H3,(H,28,30). The van der Waals surface area contributed by atoms with E-state index in [2.05, 4.69) is 11.4 Å². The Bertz CT molecular complexity index is 1140. The van der Waals surface area contributed by atoms with Crippen molar-refractivity contribution in [1.29, 1.82) is 5.26 Å². The number of fused-ring (bicyclic) bond motifs is 1. The van der Waals surface area contributed by atoms with Crippen molar-refractivity contribution in [2.24, 2.45) is 5.92 Å². The van der Waals surface area contributed by atoms with Gasteiger partial charge >= 0.3 is 0 Å². The first kappa shape index (κ1) is 20.6. The average molecular weight is 412 g/mol. The number of rotatable bonds is 4. The first-order chi connectivity index (χ1) is 15.1. The molecular formula is C26H25N3O2. The molecule has 4 rings (SSSR count). The van der Waals surface area contributed by atoms with E-state index in [1.165, 1.54) is 0 Å². The molecule has 5 heteroatoms. The van der Waals surface area contributed by atoms with Gasteiger partial charge in [0.2, 0.25) is 5.91 Å². The number of carbonyl (C=O) groups is 2. The van der Waals surface area contributed by atoms with Gasteiger partial charge in [-0.1, -0.05) is 48.5 Å². The molecule has 0 aromatic heterocycles. The Balaban J connectivity index is 1.44. The van der Waals surface area contributed by atoms with E-state index < -0.39 is 0 Å². The molecule has 2 amide bonds. The lowest BCUT2D eigenvalue weighted by atomic mass is 9.95. The Morgan fingerprint density at radius 3 is 2.58 bits per heavy atom. The number of nitrogens with one attached hydrogen (secondary N) is 1. The molecule has 1 aliphatic rings. The van der Waals surface area contributed by atoms with Crippen LogP contribution in [0.5, 0.6) is 0 Å². The van der Waals surface area contributed by atoms with Gasteiger partial charge in [-0.3, -0.25) is 9.59 Å². The number of carbonyl (C=O) groups excluding carboxylic acids is 2. The minimum absolute atomic E-state index is 0.0190. The lowest BCUT2D eigenvalue weighted by Crippen LogP contribution is -2.45. The van der Waals surface area contributed by atoms with Gasteiger partial charge < -0.3 is 10.2 Å². The highest BCUT2D eigenvalue weighted by Gasteiger charge is 2.30. The van der Waals surface area contributed by atoms with Crippen LogP contribution in [0.25, 0.3) is 10.8 Å². The molecule has 0 spiro atoms. The van der Waals surface area contributed by atoms with Gasteiger partial charge in [0.15, 0.2) is 0 Å². The first-order valence-corrected chi connectivity index (χ1v) is 10.6. The molecule has 0 aliphatic carbocycles. The van der Waals surface area contributed by atoms with E-state index in [1.807, 2.05) is 66.4 Å². The second kappa shape index (κ2) is 9.01. The van der Waals surface area contributed by atoms with Gasteiger partial charge in [-0.2, -0.15) is 5.26 Å². The molecule has 1 aliphatic heterocycles.